The zero-order chi connectivity index (χ0) is 20.9. The Kier molecular flexibility index (Phi) is 6.53. The van der Waals surface area contributed by atoms with Crippen LogP contribution in [0.4, 0.5) is 13.2 Å². The van der Waals surface area contributed by atoms with E-state index in [9.17, 15) is 13.2 Å². The van der Waals surface area contributed by atoms with Crippen LogP contribution in [0, 0.1) is 0 Å². The van der Waals surface area contributed by atoms with Gasteiger partial charge in [0.2, 0.25) is 0 Å². The zero-order valence-electron chi connectivity index (χ0n) is 15.9. The number of benzene rings is 1. The molecular weight excluding hydrogens is 401 g/mol. The number of hydrogen-bond acceptors (Lipinski definition) is 4. The number of guanidine groups is 1. The predicted octanol–water partition coefficient (Wildman–Crippen LogP) is 4.16. The molecule has 2 N–H and O–H groups in total. The van der Waals surface area contributed by atoms with Gasteiger partial charge in [0.1, 0.15) is 5.01 Å². The summed E-state index contributed by atoms with van der Waals surface area (Å²) in [7, 11) is 0. The summed E-state index contributed by atoms with van der Waals surface area (Å²) in [5, 5.41) is 11.9. The molecule has 0 saturated heterocycles. The van der Waals surface area contributed by atoms with Gasteiger partial charge in [-0.15, -0.1) is 11.3 Å². The summed E-state index contributed by atoms with van der Waals surface area (Å²) in [6.07, 6.45) is -0.853. The number of nitrogens with zero attached hydrogens (tertiary/aromatic N) is 4. The van der Waals surface area contributed by atoms with Crippen LogP contribution in [-0.2, 0) is 12.7 Å². The van der Waals surface area contributed by atoms with Crippen LogP contribution in [0.2, 0.25) is 0 Å². The molecule has 0 fully saturated rings. The second-order valence-electron chi connectivity index (χ2n) is 6.23. The predicted molar refractivity (Wildman–Crippen MR) is 107 cm³/mol. The van der Waals surface area contributed by atoms with E-state index in [1.165, 1.54) is 0 Å². The Balaban J connectivity index is 1.70. The van der Waals surface area contributed by atoms with Crippen molar-refractivity contribution in [3.05, 3.63) is 64.4 Å². The molecule has 1 aromatic carbocycles. The maximum atomic E-state index is 12.7. The average Bonchev–Trinajstić information content (AvgIpc) is 3.38. The van der Waals surface area contributed by atoms with Crippen molar-refractivity contribution >= 4 is 17.3 Å². The summed E-state index contributed by atoms with van der Waals surface area (Å²) in [5.74, 6) is 0.508. The smallest absolute Gasteiger partial charge is 0.357 e. The summed E-state index contributed by atoms with van der Waals surface area (Å²) in [6, 6.07) is 9.69. The Labute approximate surface area is 170 Å². The summed E-state index contributed by atoms with van der Waals surface area (Å²) in [5.41, 5.74) is 1.08. The van der Waals surface area contributed by atoms with Crippen molar-refractivity contribution in [3.8, 4) is 5.69 Å². The molecule has 0 amide bonds. The highest BCUT2D eigenvalue weighted by atomic mass is 32.1. The molecule has 0 bridgehead atoms. The fraction of sp³-hybridized carbons (Fsp3) is 0.316. The van der Waals surface area contributed by atoms with Gasteiger partial charge < -0.3 is 10.6 Å². The van der Waals surface area contributed by atoms with Gasteiger partial charge in [0, 0.05) is 24.3 Å². The molecule has 0 saturated carbocycles. The molecule has 2 heterocycles. The number of nitrogens with one attached hydrogen (secondary N) is 2. The first-order valence-corrected chi connectivity index (χ1v) is 9.91. The molecule has 10 heteroatoms. The van der Waals surface area contributed by atoms with Gasteiger partial charge in [-0.2, -0.15) is 18.3 Å². The highest BCUT2D eigenvalue weighted by Gasteiger charge is 2.33. The zero-order valence-corrected chi connectivity index (χ0v) is 16.8. The quantitative estimate of drug-likeness (QED) is 0.462. The summed E-state index contributed by atoms with van der Waals surface area (Å²) >= 11 is 0.949. The van der Waals surface area contributed by atoms with E-state index in [1.807, 2.05) is 50.4 Å². The SMILES string of the molecule is CCNC(=NCc1nc(C(F)(F)F)cs1)NC(C)c1cccc(-n2cccn2)c1. The fourth-order valence-corrected chi connectivity index (χ4v) is 3.35. The highest BCUT2D eigenvalue weighted by Crippen LogP contribution is 2.30. The number of thiazole rings is 1. The standard InChI is InChI=1S/C19H21F3N6S/c1-3-23-18(24-11-17-27-16(12-29-17)19(20,21)22)26-13(2)14-6-4-7-15(10-14)28-9-5-8-25-28/h4-10,12-13H,3,11H2,1-2H3,(H2,23,24,26). The van der Waals surface area contributed by atoms with Crippen molar-refractivity contribution < 1.29 is 13.2 Å². The van der Waals surface area contributed by atoms with Gasteiger partial charge in [0.15, 0.2) is 11.7 Å². The van der Waals surface area contributed by atoms with E-state index in [4.69, 9.17) is 0 Å². The van der Waals surface area contributed by atoms with Gasteiger partial charge in [-0.25, -0.2) is 14.7 Å². The Bertz CT molecular complexity index is 949. The second-order valence-corrected chi connectivity index (χ2v) is 7.17. The van der Waals surface area contributed by atoms with Crippen LogP contribution >= 0.6 is 11.3 Å². The van der Waals surface area contributed by atoms with Crippen molar-refractivity contribution in [2.75, 3.05) is 6.54 Å². The maximum Gasteiger partial charge on any atom is 0.434 e. The van der Waals surface area contributed by atoms with Gasteiger partial charge in [-0.1, -0.05) is 12.1 Å². The van der Waals surface area contributed by atoms with Crippen LogP contribution in [0.5, 0.6) is 0 Å². The number of rotatable bonds is 6. The minimum absolute atomic E-state index is 0.0656. The van der Waals surface area contributed by atoms with Crippen molar-refractivity contribution in [2.45, 2.75) is 32.6 Å². The van der Waals surface area contributed by atoms with Gasteiger partial charge in [-0.3, -0.25) is 0 Å². The molecule has 0 aliphatic rings. The van der Waals surface area contributed by atoms with E-state index in [0.29, 0.717) is 17.5 Å². The van der Waals surface area contributed by atoms with E-state index in [0.717, 1.165) is 28.0 Å². The first kappa shape index (κ1) is 20.8. The Morgan fingerprint density at radius 1 is 1.31 bits per heavy atom. The molecule has 6 nitrogen and oxygen atoms in total. The maximum absolute atomic E-state index is 12.7. The van der Waals surface area contributed by atoms with E-state index in [-0.39, 0.29) is 12.6 Å². The number of hydrogen-bond donors (Lipinski definition) is 2. The lowest BCUT2D eigenvalue weighted by molar-refractivity contribution is -0.140. The van der Waals surface area contributed by atoms with Crippen molar-refractivity contribution in [1.82, 2.24) is 25.4 Å². The lowest BCUT2D eigenvalue weighted by Crippen LogP contribution is -2.38. The minimum atomic E-state index is -4.44. The van der Waals surface area contributed by atoms with E-state index in [1.54, 1.807) is 10.9 Å². The van der Waals surface area contributed by atoms with Crippen molar-refractivity contribution in [3.63, 3.8) is 0 Å². The van der Waals surface area contributed by atoms with Gasteiger partial charge in [-0.05, 0) is 37.6 Å². The normalized spacial score (nSPS) is 13.3. The van der Waals surface area contributed by atoms with Crippen LogP contribution in [0.25, 0.3) is 5.69 Å². The van der Waals surface area contributed by atoms with Crippen LogP contribution < -0.4 is 10.6 Å². The third-order valence-corrected chi connectivity index (χ3v) is 4.88. The molecule has 154 valence electrons. The monoisotopic (exact) mass is 422 g/mol. The van der Waals surface area contributed by atoms with Gasteiger partial charge in [0.05, 0.1) is 18.3 Å². The largest absolute Gasteiger partial charge is 0.434 e. The summed E-state index contributed by atoms with van der Waals surface area (Å²) in [4.78, 5) is 7.99. The lowest BCUT2D eigenvalue weighted by atomic mass is 10.1. The van der Waals surface area contributed by atoms with Gasteiger partial charge >= 0.3 is 6.18 Å². The van der Waals surface area contributed by atoms with E-state index < -0.39 is 11.9 Å². The third-order valence-electron chi connectivity index (χ3n) is 4.05. The Morgan fingerprint density at radius 3 is 2.79 bits per heavy atom. The molecule has 0 radical (unpaired) electrons. The third kappa shape index (κ3) is 5.57. The molecule has 0 spiro atoms. The molecule has 29 heavy (non-hydrogen) atoms. The van der Waals surface area contributed by atoms with Crippen LogP contribution in [-0.4, -0.2) is 27.3 Å². The number of halogens is 3. The minimum Gasteiger partial charge on any atom is -0.357 e. The van der Waals surface area contributed by atoms with Gasteiger partial charge in [0.25, 0.3) is 0 Å². The molecule has 2 aromatic heterocycles. The average molecular weight is 422 g/mol. The molecule has 0 aliphatic carbocycles. The molecule has 1 atom stereocenters. The van der Waals surface area contributed by atoms with Crippen LogP contribution in [0.15, 0.2) is 53.1 Å². The van der Waals surface area contributed by atoms with Crippen LogP contribution in [0.3, 0.4) is 0 Å². The highest BCUT2D eigenvalue weighted by molar-refractivity contribution is 7.09. The lowest BCUT2D eigenvalue weighted by Gasteiger charge is -2.18. The number of alkyl halides is 3. The Morgan fingerprint density at radius 2 is 2.14 bits per heavy atom. The molecule has 3 rings (SSSR count). The van der Waals surface area contributed by atoms with Crippen LogP contribution in [0.1, 0.15) is 36.2 Å². The summed E-state index contributed by atoms with van der Waals surface area (Å²) in [6.45, 7) is 4.60. The topological polar surface area (TPSA) is 67.1 Å². The molecule has 0 aliphatic heterocycles. The fourth-order valence-electron chi connectivity index (χ4n) is 2.63. The first-order chi connectivity index (χ1) is 13.9. The molecule has 3 aromatic rings. The van der Waals surface area contributed by atoms with E-state index >= 15 is 0 Å². The second kappa shape index (κ2) is 9.08. The molecular formula is C19H21F3N6S. The molecule has 1 unspecified atom stereocenters. The number of aromatic nitrogens is 3. The first-order valence-electron chi connectivity index (χ1n) is 9.03. The van der Waals surface area contributed by atoms with E-state index in [2.05, 4.69) is 25.7 Å². The number of aliphatic imine (C=N–C) groups is 1. The summed E-state index contributed by atoms with van der Waals surface area (Å²) < 4.78 is 39.9. The van der Waals surface area contributed by atoms with Crippen molar-refractivity contribution in [1.29, 1.82) is 0 Å². The Hall–Kier alpha value is -2.88. The van der Waals surface area contributed by atoms with Crippen molar-refractivity contribution in [2.24, 2.45) is 4.99 Å².